The minimum absolute atomic E-state index is 0.516. The molecule has 2 aromatic rings. The molecule has 0 aliphatic carbocycles. The van der Waals surface area contributed by atoms with E-state index in [-0.39, 0.29) is 0 Å². The van der Waals surface area contributed by atoms with Crippen molar-refractivity contribution in [3.05, 3.63) is 30.2 Å². The van der Waals surface area contributed by atoms with E-state index in [4.69, 9.17) is 0 Å². The predicted molar refractivity (Wildman–Crippen MR) is 92.1 cm³/mol. The number of tetrazole rings is 1. The summed E-state index contributed by atoms with van der Waals surface area (Å²) in [7, 11) is 0. The summed E-state index contributed by atoms with van der Waals surface area (Å²) in [6, 6.07) is 3.72. The van der Waals surface area contributed by atoms with Crippen molar-refractivity contribution in [2.45, 2.75) is 31.8 Å². The number of pyridine rings is 1. The number of β-amino-alcohol motifs (C(OH)–C–C–N with tert-alkyl or cyclic N) is 1. The summed E-state index contributed by atoms with van der Waals surface area (Å²) in [5, 5.41) is 25.0. The lowest BCUT2D eigenvalue weighted by Crippen LogP contribution is -2.46. The van der Waals surface area contributed by atoms with Gasteiger partial charge in [0, 0.05) is 18.3 Å². The van der Waals surface area contributed by atoms with Gasteiger partial charge in [-0.15, -0.1) is 5.10 Å². The van der Waals surface area contributed by atoms with Crippen molar-refractivity contribution in [2.75, 3.05) is 32.7 Å². The van der Waals surface area contributed by atoms with E-state index in [1.807, 2.05) is 12.1 Å². The van der Waals surface area contributed by atoms with Crippen molar-refractivity contribution in [3.8, 4) is 5.82 Å². The van der Waals surface area contributed by atoms with Gasteiger partial charge in [-0.05, 0) is 73.8 Å². The molecule has 0 amide bonds. The second-order valence-corrected chi connectivity index (χ2v) is 7.27. The monoisotopic (exact) mass is 343 g/mol. The van der Waals surface area contributed by atoms with Crippen LogP contribution in [0.4, 0.5) is 0 Å². The normalized spacial score (nSPS) is 22.1. The number of likely N-dealkylation sites (tertiary alicyclic amines) is 1. The molecule has 1 spiro atoms. The fourth-order valence-electron chi connectivity index (χ4n) is 4.01. The van der Waals surface area contributed by atoms with E-state index in [0.29, 0.717) is 17.8 Å². The number of hydrogen-bond acceptors (Lipinski definition) is 7. The summed E-state index contributed by atoms with van der Waals surface area (Å²) in [4.78, 5) is 6.72. The van der Waals surface area contributed by atoms with Gasteiger partial charge in [-0.2, -0.15) is 4.68 Å². The lowest BCUT2D eigenvalue weighted by atomic mass is 9.71. The third-order valence-corrected chi connectivity index (χ3v) is 5.75. The molecule has 2 saturated heterocycles. The quantitative estimate of drug-likeness (QED) is 0.838. The molecule has 0 radical (unpaired) electrons. The topological polar surface area (TPSA) is 92.0 Å². The standard InChI is InChI=1S/C17H25N7O/c25-15(14-1-2-16(19-11-14)24-13-20-21-22-24)12-23-9-5-17(6-10-23)3-7-18-8-4-17/h1-2,11,13,15,18,25H,3-10,12H2. The van der Waals surface area contributed by atoms with Gasteiger partial charge in [-0.3, -0.25) is 0 Å². The highest BCUT2D eigenvalue weighted by atomic mass is 16.3. The van der Waals surface area contributed by atoms with Crippen molar-refractivity contribution in [1.29, 1.82) is 0 Å². The van der Waals surface area contributed by atoms with Crippen LogP contribution in [0.25, 0.3) is 5.82 Å². The Morgan fingerprint density at radius 1 is 1.16 bits per heavy atom. The minimum Gasteiger partial charge on any atom is -0.387 e. The molecule has 1 atom stereocenters. The average Bonchev–Trinajstić information content (AvgIpc) is 3.19. The molecule has 2 aliphatic heterocycles. The Morgan fingerprint density at radius 2 is 1.96 bits per heavy atom. The van der Waals surface area contributed by atoms with E-state index < -0.39 is 6.10 Å². The largest absolute Gasteiger partial charge is 0.387 e. The Morgan fingerprint density at radius 3 is 2.60 bits per heavy atom. The highest BCUT2D eigenvalue weighted by molar-refractivity contribution is 5.25. The van der Waals surface area contributed by atoms with Gasteiger partial charge >= 0.3 is 0 Å². The Bertz CT molecular complexity index is 657. The predicted octanol–water partition coefficient (Wildman–Crippen LogP) is 0.556. The highest BCUT2D eigenvalue weighted by Gasteiger charge is 2.35. The minimum atomic E-state index is -0.516. The first-order valence-corrected chi connectivity index (χ1v) is 9.05. The summed E-state index contributed by atoms with van der Waals surface area (Å²) in [6.45, 7) is 5.13. The first-order valence-electron chi connectivity index (χ1n) is 9.05. The number of nitrogens with zero attached hydrogens (tertiary/aromatic N) is 6. The maximum atomic E-state index is 10.6. The van der Waals surface area contributed by atoms with Gasteiger partial charge in [0.2, 0.25) is 0 Å². The van der Waals surface area contributed by atoms with Gasteiger partial charge in [-0.25, -0.2) is 4.98 Å². The molecule has 2 fully saturated rings. The maximum absolute atomic E-state index is 10.6. The van der Waals surface area contributed by atoms with E-state index >= 15 is 0 Å². The van der Waals surface area contributed by atoms with Gasteiger partial charge < -0.3 is 15.3 Å². The molecule has 2 aromatic heterocycles. The van der Waals surface area contributed by atoms with Crippen LogP contribution in [0.3, 0.4) is 0 Å². The molecule has 1 unspecified atom stereocenters. The SMILES string of the molecule is OC(CN1CCC2(CCNCC2)CC1)c1ccc(-n2cnnn2)nc1. The lowest BCUT2D eigenvalue weighted by molar-refractivity contribution is 0.0416. The first-order chi connectivity index (χ1) is 12.2. The molecule has 2 N–H and O–H groups in total. The van der Waals surface area contributed by atoms with Crippen LogP contribution in [0.1, 0.15) is 37.4 Å². The zero-order valence-electron chi connectivity index (χ0n) is 14.4. The number of aliphatic hydroxyl groups excluding tert-OH is 1. The zero-order valence-corrected chi connectivity index (χ0v) is 14.4. The van der Waals surface area contributed by atoms with Crippen LogP contribution in [-0.4, -0.2) is 67.9 Å². The third kappa shape index (κ3) is 3.70. The van der Waals surface area contributed by atoms with Crippen molar-refractivity contribution < 1.29 is 5.11 Å². The number of aliphatic hydroxyl groups is 1. The van der Waals surface area contributed by atoms with E-state index in [1.54, 1.807) is 6.20 Å². The van der Waals surface area contributed by atoms with Crippen LogP contribution in [0.15, 0.2) is 24.7 Å². The zero-order chi connectivity index (χ0) is 17.1. The van der Waals surface area contributed by atoms with Crippen LogP contribution < -0.4 is 5.32 Å². The molecule has 0 bridgehead atoms. The number of rotatable bonds is 4. The molecule has 134 valence electrons. The van der Waals surface area contributed by atoms with Gasteiger partial charge in [0.05, 0.1) is 6.10 Å². The van der Waals surface area contributed by atoms with Crippen LogP contribution in [0.5, 0.6) is 0 Å². The van der Waals surface area contributed by atoms with Gasteiger partial charge in [-0.1, -0.05) is 6.07 Å². The molecule has 8 heteroatoms. The van der Waals surface area contributed by atoms with Crippen LogP contribution >= 0.6 is 0 Å². The molecule has 25 heavy (non-hydrogen) atoms. The summed E-state index contributed by atoms with van der Waals surface area (Å²) < 4.78 is 1.50. The van der Waals surface area contributed by atoms with Gasteiger partial charge in [0.1, 0.15) is 6.33 Å². The molecular weight excluding hydrogens is 318 g/mol. The summed E-state index contributed by atoms with van der Waals surface area (Å²) >= 11 is 0. The van der Waals surface area contributed by atoms with Crippen molar-refractivity contribution in [3.63, 3.8) is 0 Å². The first kappa shape index (κ1) is 16.6. The third-order valence-electron chi connectivity index (χ3n) is 5.75. The Kier molecular flexibility index (Phi) is 4.74. The van der Waals surface area contributed by atoms with E-state index in [9.17, 15) is 5.11 Å². The second-order valence-electron chi connectivity index (χ2n) is 7.27. The average molecular weight is 343 g/mol. The van der Waals surface area contributed by atoms with Crippen molar-refractivity contribution >= 4 is 0 Å². The molecule has 4 rings (SSSR count). The van der Waals surface area contributed by atoms with Crippen molar-refractivity contribution in [1.82, 2.24) is 35.4 Å². The fraction of sp³-hybridized carbons (Fsp3) is 0.647. The summed E-state index contributed by atoms with van der Waals surface area (Å²) in [6.07, 6.45) is 7.79. The molecule has 8 nitrogen and oxygen atoms in total. The lowest BCUT2D eigenvalue weighted by Gasteiger charge is -2.44. The Hall–Kier alpha value is -1.90. The van der Waals surface area contributed by atoms with Gasteiger partial charge in [0.25, 0.3) is 0 Å². The smallest absolute Gasteiger partial charge is 0.156 e. The molecule has 0 aromatic carbocycles. The van der Waals surface area contributed by atoms with Crippen LogP contribution in [0.2, 0.25) is 0 Å². The second kappa shape index (κ2) is 7.15. The number of piperidine rings is 2. The molecular formula is C17H25N7O. The number of nitrogens with one attached hydrogen (secondary N) is 1. The number of aromatic nitrogens is 5. The highest BCUT2D eigenvalue weighted by Crippen LogP contribution is 2.39. The fourth-order valence-corrected chi connectivity index (χ4v) is 4.01. The maximum Gasteiger partial charge on any atom is 0.156 e. The van der Waals surface area contributed by atoms with E-state index in [1.165, 1.54) is 36.7 Å². The Balaban J connectivity index is 1.32. The van der Waals surface area contributed by atoms with Crippen LogP contribution in [-0.2, 0) is 0 Å². The van der Waals surface area contributed by atoms with Gasteiger partial charge in [0.15, 0.2) is 5.82 Å². The molecule has 0 saturated carbocycles. The molecule has 2 aliphatic rings. The number of hydrogen-bond donors (Lipinski definition) is 2. The van der Waals surface area contributed by atoms with E-state index in [0.717, 1.165) is 31.7 Å². The summed E-state index contributed by atoms with van der Waals surface area (Å²) in [5.74, 6) is 0.645. The van der Waals surface area contributed by atoms with E-state index in [2.05, 4.69) is 30.7 Å². The van der Waals surface area contributed by atoms with Crippen molar-refractivity contribution in [2.24, 2.45) is 5.41 Å². The van der Waals surface area contributed by atoms with Crippen LogP contribution in [0, 0.1) is 5.41 Å². The molecule has 4 heterocycles. The summed E-state index contributed by atoms with van der Waals surface area (Å²) in [5.41, 5.74) is 1.38. The Labute approximate surface area is 147 Å².